The van der Waals surface area contributed by atoms with E-state index in [9.17, 15) is 4.39 Å². The number of ether oxygens (including phenoxy) is 1. The van der Waals surface area contributed by atoms with Crippen LogP contribution < -0.4 is 10.1 Å². The van der Waals surface area contributed by atoms with Crippen molar-refractivity contribution in [2.75, 3.05) is 6.54 Å². The summed E-state index contributed by atoms with van der Waals surface area (Å²) >= 11 is 6.27. The van der Waals surface area contributed by atoms with Gasteiger partial charge in [0.05, 0.1) is 0 Å². The largest absolute Gasteiger partial charge is 0.485 e. The molecule has 0 fully saturated rings. The number of hydrogen-bond donors (Lipinski definition) is 1. The van der Waals surface area contributed by atoms with Crippen LogP contribution in [0.1, 0.15) is 36.6 Å². The van der Waals surface area contributed by atoms with E-state index in [-0.39, 0.29) is 18.0 Å². The maximum atomic E-state index is 13.5. The average Bonchev–Trinajstić information content (AvgIpc) is 2.48. The molecule has 2 unspecified atom stereocenters. The lowest BCUT2D eigenvalue weighted by atomic mass is 9.93. The second-order valence-corrected chi connectivity index (χ2v) is 5.56. The van der Waals surface area contributed by atoms with E-state index in [1.165, 1.54) is 6.07 Å². The summed E-state index contributed by atoms with van der Waals surface area (Å²) in [5, 5.41) is 4.09. The van der Waals surface area contributed by atoms with Crippen molar-refractivity contribution in [1.29, 1.82) is 0 Å². The van der Waals surface area contributed by atoms with Crippen molar-refractivity contribution in [2.24, 2.45) is 0 Å². The van der Waals surface area contributed by atoms with Crippen LogP contribution in [0.4, 0.5) is 4.39 Å². The third kappa shape index (κ3) is 2.89. The zero-order valence-corrected chi connectivity index (χ0v) is 12.5. The van der Waals surface area contributed by atoms with Crippen molar-refractivity contribution in [2.45, 2.75) is 25.5 Å². The molecule has 1 aliphatic heterocycles. The minimum absolute atomic E-state index is 0.0655. The van der Waals surface area contributed by atoms with Crippen molar-refractivity contribution >= 4 is 11.6 Å². The van der Waals surface area contributed by atoms with E-state index < -0.39 is 0 Å². The van der Waals surface area contributed by atoms with Crippen LogP contribution in [0.3, 0.4) is 0 Å². The second kappa shape index (κ2) is 6.04. The summed E-state index contributed by atoms with van der Waals surface area (Å²) in [6, 6.07) is 12.4. The highest BCUT2D eigenvalue weighted by Gasteiger charge is 2.30. The van der Waals surface area contributed by atoms with Gasteiger partial charge in [-0.05, 0) is 30.8 Å². The van der Waals surface area contributed by atoms with Crippen LogP contribution in [-0.4, -0.2) is 6.54 Å². The molecule has 0 radical (unpaired) electrons. The van der Waals surface area contributed by atoms with Crippen LogP contribution in [0, 0.1) is 5.82 Å². The van der Waals surface area contributed by atoms with Crippen molar-refractivity contribution in [3.05, 3.63) is 64.4 Å². The highest BCUT2D eigenvalue weighted by atomic mass is 35.5. The minimum Gasteiger partial charge on any atom is -0.485 e. The molecule has 1 N–H and O–H groups in total. The van der Waals surface area contributed by atoms with Gasteiger partial charge in [0, 0.05) is 28.6 Å². The predicted molar refractivity (Wildman–Crippen MR) is 82.3 cm³/mol. The smallest absolute Gasteiger partial charge is 0.127 e. The zero-order valence-electron chi connectivity index (χ0n) is 11.8. The molecule has 0 bridgehead atoms. The number of nitrogens with one attached hydrogen (secondary N) is 1. The summed E-state index contributed by atoms with van der Waals surface area (Å²) in [6.45, 7) is 2.86. The fourth-order valence-corrected chi connectivity index (χ4v) is 3.07. The molecule has 110 valence electrons. The third-order valence-electron chi connectivity index (χ3n) is 3.77. The molecular weight excluding hydrogens is 289 g/mol. The lowest BCUT2D eigenvalue weighted by molar-refractivity contribution is 0.151. The Balaban J connectivity index is 1.98. The first-order chi connectivity index (χ1) is 10.2. The van der Waals surface area contributed by atoms with Crippen molar-refractivity contribution in [3.63, 3.8) is 0 Å². The summed E-state index contributed by atoms with van der Waals surface area (Å²) in [4.78, 5) is 0. The molecule has 4 heteroatoms. The van der Waals surface area contributed by atoms with Crippen molar-refractivity contribution < 1.29 is 9.13 Å². The average molecular weight is 306 g/mol. The first-order valence-electron chi connectivity index (χ1n) is 7.13. The molecule has 2 aromatic carbocycles. The Bertz CT molecular complexity index is 646. The van der Waals surface area contributed by atoms with Crippen LogP contribution in [0.25, 0.3) is 0 Å². The van der Waals surface area contributed by atoms with Crippen LogP contribution in [0.15, 0.2) is 42.5 Å². The van der Waals surface area contributed by atoms with Gasteiger partial charge in [0.2, 0.25) is 0 Å². The Morgan fingerprint density at radius 1 is 1.24 bits per heavy atom. The molecule has 2 atom stereocenters. The SMILES string of the molecule is CCNC1CC(c2ccccc2Cl)Oc2ccc(F)cc21. The minimum atomic E-state index is -0.239. The summed E-state index contributed by atoms with van der Waals surface area (Å²) in [7, 11) is 0. The van der Waals surface area contributed by atoms with Gasteiger partial charge in [-0.15, -0.1) is 0 Å². The second-order valence-electron chi connectivity index (χ2n) is 5.16. The van der Waals surface area contributed by atoms with Crippen LogP contribution in [0.5, 0.6) is 5.75 Å². The van der Waals surface area contributed by atoms with E-state index in [0.29, 0.717) is 5.02 Å². The van der Waals surface area contributed by atoms with Crippen LogP contribution >= 0.6 is 11.6 Å². The van der Waals surface area contributed by atoms with Crippen LogP contribution in [-0.2, 0) is 0 Å². The summed E-state index contributed by atoms with van der Waals surface area (Å²) in [6.07, 6.45) is 0.606. The standard InChI is InChI=1S/C17H17ClFNO/c1-2-20-15-10-17(12-5-3-4-6-14(12)18)21-16-8-7-11(19)9-13(15)16/h3-9,15,17,20H,2,10H2,1H3. The zero-order chi connectivity index (χ0) is 14.8. The van der Waals surface area contributed by atoms with E-state index in [1.54, 1.807) is 12.1 Å². The lowest BCUT2D eigenvalue weighted by Crippen LogP contribution is -2.29. The van der Waals surface area contributed by atoms with Crippen molar-refractivity contribution in [3.8, 4) is 5.75 Å². The quantitative estimate of drug-likeness (QED) is 0.891. The van der Waals surface area contributed by atoms with Crippen molar-refractivity contribution in [1.82, 2.24) is 5.32 Å². The van der Waals surface area contributed by atoms with Crippen LogP contribution in [0.2, 0.25) is 5.02 Å². The van der Waals surface area contributed by atoms with E-state index in [1.807, 2.05) is 31.2 Å². The van der Waals surface area contributed by atoms with Gasteiger partial charge in [0.1, 0.15) is 17.7 Å². The maximum Gasteiger partial charge on any atom is 0.127 e. The third-order valence-corrected chi connectivity index (χ3v) is 4.11. The van der Waals surface area contributed by atoms with E-state index in [0.717, 1.165) is 29.8 Å². The molecule has 0 saturated carbocycles. The van der Waals surface area contributed by atoms with Gasteiger partial charge in [0.25, 0.3) is 0 Å². The molecule has 0 amide bonds. The van der Waals surface area contributed by atoms with E-state index >= 15 is 0 Å². The molecule has 21 heavy (non-hydrogen) atoms. The normalized spacial score (nSPS) is 20.7. The Morgan fingerprint density at radius 2 is 2.05 bits per heavy atom. The van der Waals surface area contributed by atoms with E-state index in [2.05, 4.69) is 5.32 Å². The van der Waals surface area contributed by atoms with Gasteiger partial charge in [-0.3, -0.25) is 0 Å². The van der Waals surface area contributed by atoms with Gasteiger partial charge < -0.3 is 10.1 Å². The van der Waals surface area contributed by atoms with Gasteiger partial charge in [-0.25, -0.2) is 4.39 Å². The van der Waals surface area contributed by atoms with Gasteiger partial charge >= 0.3 is 0 Å². The predicted octanol–water partition coefficient (Wildman–Crippen LogP) is 4.65. The number of hydrogen-bond acceptors (Lipinski definition) is 2. The fourth-order valence-electron chi connectivity index (χ4n) is 2.81. The number of halogens is 2. The lowest BCUT2D eigenvalue weighted by Gasteiger charge is -2.33. The molecule has 3 rings (SSSR count). The molecular formula is C17H17ClFNO. The molecule has 2 aromatic rings. The van der Waals surface area contributed by atoms with Gasteiger partial charge in [-0.2, -0.15) is 0 Å². The molecule has 0 aromatic heterocycles. The highest BCUT2D eigenvalue weighted by Crippen LogP contribution is 2.42. The molecule has 1 heterocycles. The Labute approximate surface area is 128 Å². The number of rotatable bonds is 3. The molecule has 1 aliphatic rings. The molecule has 0 saturated heterocycles. The molecule has 0 aliphatic carbocycles. The first-order valence-corrected chi connectivity index (χ1v) is 7.50. The summed E-state index contributed by atoms with van der Waals surface area (Å²) in [5.41, 5.74) is 1.84. The number of benzene rings is 2. The monoisotopic (exact) mass is 305 g/mol. The maximum absolute atomic E-state index is 13.5. The topological polar surface area (TPSA) is 21.3 Å². The highest BCUT2D eigenvalue weighted by molar-refractivity contribution is 6.31. The Kier molecular flexibility index (Phi) is 4.13. The first kappa shape index (κ1) is 14.4. The Hall–Kier alpha value is -1.58. The summed E-state index contributed by atoms with van der Waals surface area (Å²) < 4.78 is 19.5. The van der Waals surface area contributed by atoms with Gasteiger partial charge in [0.15, 0.2) is 0 Å². The molecule has 0 spiro atoms. The van der Waals surface area contributed by atoms with E-state index in [4.69, 9.17) is 16.3 Å². The Morgan fingerprint density at radius 3 is 2.81 bits per heavy atom. The van der Waals surface area contributed by atoms with Gasteiger partial charge in [-0.1, -0.05) is 36.7 Å². The molecule has 2 nitrogen and oxygen atoms in total. The fraction of sp³-hybridized carbons (Fsp3) is 0.294. The summed E-state index contributed by atoms with van der Waals surface area (Å²) in [5.74, 6) is 0.481. The number of fused-ring (bicyclic) bond motifs is 1.